The summed E-state index contributed by atoms with van der Waals surface area (Å²) >= 11 is 0. The zero-order valence-electron chi connectivity index (χ0n) is 10.6. The molecule has 2 rings (SSSR count). The van der Waals surface area contributed by atoms with Crippen LogP contribution >= 0.6 is 0 Å². The lowest BCUT2D eigenvalue weighted by molar-refractivity contribution is -0.111. The number of carbonyl (C=O) groups is 1. The van der Waals surface area contributed by atoms with Crippen molar-refractivity contribution in [1.29, 1.82) is 5.41 Å². The van der Waals surface area contributed by atoms with Crippen molar-refractivity contribution in [1.82, 2.24) is 0 Å². The standard InChI is InChI=1S/C14H13N3O3/c1-2-12(18)17-9-4-3-5-10(8-9)20-14(16)13-11(15)6-7-19-13/h2-8,16H,1,15H2,(H,17,18). The molecule has 0 spiro atoms. The number of hydrogen-bond donors (Lipinski definition) is 3. The van der Waals surface area contributed by atoms with Crippen molar-refractivity contribution < 1.29 is 13.9 Å². The number of hydrogen-bond acceptors (Lipinski definition) is 5. The van der Waals surface area contributed by atoms with E-state index in [0.717, 1.165) is 0 Å². The fraction of sp³-hybridized carbons (Fsp3) is 0. The van der Waals surface area contributed by atoms with Gasteiger partial charge in [-0.2, -0.15) is 0 Å². The molecule has 0 saturated carbocycles. The van der Waals surface area contributed by atoms with Gasteiger partial charge in [0.2, 0.25) is 11.7 Å². The number of ether oxygens (including phenoxy) is 1. The molecular weight excluding hydrogens is 258 g/mol. The summed E-state index contributed by atoms with van der Waals surface area (Å²) in [5, 5.41) is 10.4. The van der Waals surface area contributed by atoms with Crippen LogP contribution in [0.15, 0.2) is 53.7 Å². The van der Waals surface area contributed by atoms with E-state index in [4.69, 9.17) is 20.3 Å². The minimum atomic E-state index is -0.326. The lowest BCUT2D eigenvalue weighted by atomic mass is 10.3. The maximum Gasteiger partial charge on any atom is 0.257 e. The predicted octanol–water partition coefficient (Wildman–Crippen LogP) is 2.39. The highest BCUT2D eigenvalue weighted by molar-refractivity contribution is 5.99. The molecule has 1 heterocycles. The second-order valence-corrected chi connectivity index (χ2v) is 3.86. The number of furan rings is 1. The van der Waals surface area contributed by atoms with E-state index in [0.29, 0.717) is 17.1 Å². The Labute approximate surface area is 115 Å². The van der Waals surface area contributed by atoms with Crippen molar-refractivity contribution in [2.75, 3.05) is 11.1 Å². The van der Waals surface area contributed by atoms with Crippen LogP contribution in [-0.2, 0) is 4.79 Å². The number of amides is 1. The summed E-state index contributed by atoms with van der Waals surface area (Å²) < 4.78 is 10.4. The van der Waals surface area contributed by atoms with Gasteiger partial charge in [0.25, 0.3) is 5.90 Å². The molecule has 0 bridgehead atoms. The first kappa shape index (κ1) is 13.4. The van der Waals surface area contributed by atoms with Gasteiger partial charge in [0.15, 0.2) is 0 Å². The zero-order valence-corrected chi connectivity index (χ0v) is 10.6. The number of anilines is 2. The summed E-state index contributed by atoms with van der Waals surface area (Å²) in [5.74, 6) is 0.00500. The van der Waals surface area contributed by atoms with Crippen LogP contribution in [0.4, 0.5) is 11.4 Å². The molecule has 0 saturated heterocycles. The van der Waals surface area contributed by atoms with Crippen LogP contribution < -0.4 is 15.8 Å². The summed E-state index contributed by atoms with van der Waals surface area (Å²) in [6, 6.07) is 8.15. The fourth-order valence-electron chi connectivity index (χ4n) is 1.50. The molecule has 0 aliphatic rings. The number of nitrogen functional groups attached to an aromatic ring is 1. The minimum absolute atomic E-state index is 0.158. The van der Waals surface area contributed by atoms with Gasteiger partial charge in [-0.25, -0.2) is 0 Å². The van der Waals surface area contributed by atoms with Crippen LogP contribution in [0.2, 0.25) is 0 Å². The van der Waals surface area contributed by atoms with Crippen LogP contribution in [-0.4, -0.2) is 11.8 Å². The number of nitrogens with two attached hydrogens (primary N) is 1. The van der Waals surface area contributed by atoms with Crippen LogP contribution in [0, 0.1) is 5.41 Å². The van der Waals surface area contributed by atoms with Crippen LogP contribution in [0.25, 0.3) is 0 Å². The highest BCUT2D eigenvalue weighted by atomic mass is 16.5. The monoisotopic (exact) mass is 271 g/mol. The first-order valence-electron chi connectivity index (χ1n) is 5.73. The third-order valence-corrected chi connectivity index (χ3v) is 2.41. The van der Waals surface area contributed by atoms with Gasteiger partial charge in [0, 0.05) is 17.8 Å². The third-order valence-electron chi connectivity index (χ3n) is 2.41. The lowest BCUT2D eigenvalue weighted by Gasteiger charge is -2.07. The molecule has 102 valence electrons. The van der Waals surface area contributed by atoms with Crippen LogP contribution in [0.5, 0.6) is 5.75 Å². The van der Waals surface area contributed by atoms with E-state index in [9.17, 15) is 4.79 Å². The summed E-state index contributed by atoms with van der Waals surface area (Å²) in [4.78, 5) is 11.2. The smallest absolute Gasteiger partial charge is 0.257 e. The quantitative estimate of drug-likeness (QED) is 0.451. The van der Waals surface area contributed by atoms with Crippen molar-refractivity contribution in [2.24, 2.45) is 0 Å². The number of nitrogens with one attached hydrogen (secondary N) is 2. The molecule has 0 radical (unpaired) electrons. The Balaban J connectivity index is 2.12. The number of benzene rings is 1. The molecule has 0 fully saturated rings. The SMILES string of the molecule is C=CC(=O)Nc1cccc(OC(=N)c2occc2N)c1. The van der Waals surface area contributed by atoms with Gasteiger partial charge in [-0.05, 0) is 18.2 Å². The highest BCUT2D eigenvalue weighted by Crippen LogP contribution is 2.20. The Morgan fingerprint density at radius 1 is 1.45 bits per heavy atom. The second-order valence-electron chi connectivity index (χ2n) is 3.86. The number of rotatable bonds is 4. The Morgan fingerprint density at radius 2 is 2.25 bits per heavy atom. The number of carbonyl (C=O) groups excluding carboxylic acids is 1. The Kier molecular flexibility index (Phi) is 3.85. The first-order chi connectivity index (χ1) is 9.60. The maximum atomic E-state index is 11.2. The van der Waals surface area contributed by atoms with Crippen molar-refractivity contribution in [3.63, 3.8) is 0 Å². The molecular formula is C14H13N3O3. The van der Waals surface area contributed by atoms with E-state index < -0.39 is 0 Å². The van der Waals surface area contributed by atoms with Gasteiger partial charge in [-0.15, -0.1) is 0 Å². The molecule has 0 atom stereocenters. The van der Waals surface area contributed by atoms with Crippen LogP contribution in [0.3, 0.4) is 0 Å². The van der Waals surface area contributed by atoms with Gasteiger partial charge in [-0.3, -0.25) is 10.2 Å². The zero-order chi connectivity index (χ0) is 14.5. The van der Waals surface area contributed by atoms with Gasteiger partial charge < -0.3 is 20.2 Å². The van der Waals surface area contributed by atoms with E-state index in [-0.39, 0.29) is 17.6 Å². The van der Waals surface area contributed by atoms with Crippen molar-refractivity contribution in [3.8, 4) is 5.75 Å². The van der Waals surface area contributed by atoms with Gasteiger partial charge in [-0.1, -0.05) is 12.6 Å². The van der Waals surface area contributed by atoms with Crippen molar-refractivity contribution in [3.05, 3.63) is 55.0 Å². The van der Waals surface area contributed by atoms with Crippen LogP contribution in [0.1, 0.15) is 5.76 Å². The fourth-order valence-corrected chi connectivity index (χ4v) is 1.50. The normalized spacial score (nSPS) is 9.80. The molecule has 1 amide bonds. The molecule has 0 aliphatic carbocycles. The average molecular weight is 271 g/mol. The van der Waals surface area contributed by atoms with E-state index in [1.54, 1.807) is 24.3 Å². The molecule has 6 heteroatoms. The summed E-state index contributed by atoms with van der Waals surface area (Å²) in [5.41, 5.74) is 6.49. The molecule has 0 aliphatic heterocycles. The van der Waals surface area contributed by atoms with Gasteiger partial charge >= 0.3 is 0 Å². The molecule has 2 aromatic rings. The molecule has 1 aromatic carbocycles. The molecule has 4 N–H and O–H groups in total. The maximum absolute atomic E-state index is 11.2. The lowest BCUT2D eigenvalue weighted by Crippen LogP contribution is -2.10. The van der Waals surface area contributed by atoms with Crippen molar-refractivity contribution in [2.45, 2.75) is 0 Å². The Morgan fingerprint density at radius 3 is 2.90 bits per heavy atom. The van der Waals surface area contributed by atoms with E-state index in [1.165, 1.54) is 18.4 Å². The average Bonchev–Trinajstić information content (AvgIpc) is 2.85. The summed E-state index contributed by atoms with van der Waals surface area (Å²) in [6.07, 6.45) is 2.54. The predicted molar refractivity (Wildman–Crippen MR) is 75.8 cm³/mol. The first-order valence-corrected chi connectivity index (χ1v) is 5.73. The van der Waals surface area contributed by atoms with Crippen molar-refractivity contribution >= 4 is 23.2 Å². The summed E-state index contributed by atoms with van der Waals surface area (Å²) in [6.45, 7) is 3.37. The topological polar surface area (TPSA) is 101 Å². The summed E-state index contributed by atoms with van der Waals surface area (Å²) in [7, 11) is 0. The molecule has 0 unspecified atom stereocenters. The third kappa shape index (κ3) is 3.05. The van der Waals surface area contributed by atoms with E-state index in [1.807, 2.05) is 0 Å². The Hall–Kier alpha value is -3.02. The Bertz CT molecular complexity index is 661. The van der Waals surface area contributed by atoms with Gasteiger partial charge in [0.05, 0.1) is 12.0 Å². The van der Waals surface area contributed by atoms with E-state index >= 15 is 0 Å². The second kappa shape index (κ2) is 5.75. The largest absolute Gasteiger partial charge is 0.457 e. The van der Waals surface area contributed by atoms with E-state index in [2.05, 4.69) is 11.9 Å². The molecule has 20 heavy (non-hydrogen) atoms. The molecule has 6 nitrogen and oxygen atoms in total. The minimum Gasteiger partial charge on any atom is -0.457 e. The molecule has 1 aromatic heterocycles. The highest BCUT2D eigenvalue weighted by Gasteiger charge is 2.12. The van der Waals surface area contributed by atoms with Gasteiger partial charge in [0.1, 0.15) is 5.75 Å².